The molecule has 1 aromatic carbocycles. The second kappa shape index (κ2) is 10.5. The number of ether oxygens (including phenoxy) is 2. The van der Waals surface area contributed by atoms with Crippen LogP contribution in [-0.2, 0) is 19.1 Å². The predicted octanol–water partition coefficient (Wildman–Crippen LogP) is 2.01. The van der Waals surface area contributed by atoms with Crippen molar-refractivity contribution in [1.82, 2.24) is 4.90 Å². The molecule has 0 aliphatic carbocycles. The third kappa shape index (κ3) is 6.56. The summed E-state index contributed by atoms with van der Waals surface area (Å²) in [6, 6.07) is 4.98. The van der Waals surface area contributed by atoms with E-state index < -0.39 is 0 Å². The highest BCUT2D eigenvalue weighted by Gasteiger charge is 2.17. The molecule has 2 rings (SSSR count). The summed E-state index contributed by atoms with van der Waals surface area (Å²) in [7, 11) is 2.93. The summed E-state index contributed by atoms with van der Waals surface area (Å²) in [4.78, 5) is 37.7. The molecule has 8 heteroatoms. The van der Waals surface area contributed by atoms with E-state index in [1.165, 1.54) is 14.2 Å². The first kappa shape index (κ1) is 20.7. The first-order chi connectivity index (χ1) is 13.0. The van der Waals surface area contributed by atoms with E-state index in [9.17, 15) is 14.4 Å². The molecule has 1 aliphatic heterocycles. The van der Waals surface area contributed by atoms with Crippen LogP contribution in [-0.4, -0.2) is 56.5 Å². The van der Waals surface area contributed by atoms with Crippen LogP contribution in [0.15, 0.2) is 18.2 Å². The number of benzene rings is 1. The molecule has 1 heterocycles. The number of likely N-dealkylation sites (tertiary alicyclic amines) is 1. The molecule has 148 valence electrons. The Morgan fingerprint density at radius 2 is 1.93 bits per heavy atom. The molecule has 27 heavy (non-hydrogen) atoms. The Hall–Kier alpha value is -2.61. The van der Waals surface area contributed by atoms with Crippen molar-refractivity contribution in [2.24, 2.45) is 0 Å². The molecular weight excluding hydrogens is 350 g/mol. The van der Waals surface area contributed by atoms with Gasteiger partial charge in [0.15, 0.2) is 0 Å². The number of nitrogens with zero attached hydrogens (tertiary/aromatic N) is 1. The first-order valence-corrected chi connectivity index (χ1v) is 9.08. The monoisotopic (exact) mass is 377 g/mol. The van der Waals surface area contributed by atoms with E-state index >= 15 is 0 Å². The summed E-state index contributed by atoms with van der Waals surface area (Å²) < 4.78 is 10.0. The lowest BCUT2D eigenvalue weighted by Gasteiger charge is -2.20. The van der Waals surface area contributed by atoms with Crippen molar-refractivity contribution in [3.63, 3.8) is 0 Å². The van der Waals surface area contributed by atoms with Crippen molar-refractivity contribution in [2.75, 3.05) is 44.5 Å². The van der Waals surface area contributed by atoms with Gasteiger partial charge in [-0.05, 0) is 31.0 Å². The van der Waals surface area contributed by atoms with Gasteiger partial charge in [-0.1, -0.05) is 6.42 Å². The molecule has 2 N–H and O–H groups in total. The average Bonchev–Trinajstić information content (AvgIpc) is 2.84. The van der Waals surface area contributed by atoms with Crippen molar-refractivity contribution >= 4 is 29.1 Å². The van der Waals surface area contributed by atoms with Crippen LogP contribution in [0.4, 0.5) is 11.4 Å². The molecule has 0 bridgehead atoms. The number of hydrogen-bond donors (Lipinski definition) is 2. The van der Waals surface area contributed by atoms with Crippen LogP contribution in [0.25, 0.3) is 0 Å². The summed E-state index contributed by atoms with van der Waals surface area (Å²) in [6.45, 7) is 1.05. The minimum atomic E-state index is -0.320. The van der Waals surface area contributed by atoms with Crippen molar-refractivity contribution in [3.05, 3.63) is 18.2 Å². The predicted molar refractivity (Wildman–Crippen MR) is 102 cm³/mol. The molecule has 0 saturated carbocycles. The Morgan fingerprint density at radius 1 is 1.11 bits per heavy atom. The maximum absolute atomic E-state index is 12.3. The van der Waals surface area contributed by atoms with E-state index in [4.69, 9.17) is 9.47 Å². The second-order valence-electron chi connectivity index (χ2n) is 6.39. The molecule has 0 radical (unpaired) electrons. The number of hydrogen-bond acceptors (Lipinski definition) is 5. The maximum Gasteiger partial charge on any atom is 0.250 e. The van der Waals surface area contributed by atoms with Gasteiger partial charge in [0.2, 0.25) is 17.7 Å². The number of carbonyl (C=O) groups is 3. The van der Waals surface area contributed by atoms with Gasteiger partial charge in [-0.15, -0.1) is 0 Å². The van der Waals surface area contributed by atoms with Crippen LogP contribution >= 0.6 is 0 Å². The largest absolute Gasteiger partial charge is 0.495 e. The molecule has 0 atom stereocenters. The molecule has 1 aliphatic rings. The fourth-order valence-corrected chi connectivity index (χ4v) is 2.94. The molecule has 0 aromatic heterocycles. The lowest BCUT2D eigenvalue weighted by Crippen LogP contribution is -2.33. The highest BCUT2D eigenvalue weighted by atomic mass is 16.5. The quantitative estimate of drug-likeness (QED) is 0.722. The van der Waals surface area contributed by atoms with Gasteiger partial charge in [0, 0.05) is 38.7 Å². The highest BCUT2D eigenvalue weighted by Crippen LogP contribution is 2.28. The first-order valence-electron chi connectivity index (χ1n) is 9.08. The molecule has 1 saturated heterocycles. The van der Waals surface area contributed by atoms with Crippen molar-refractivity contribution in [3.8, 4) is 5.75 Å². The summed E-state index contributed by atoms with van der Waals surface area (Å²) in [5.74, 6) is 0.0887. The van der Waals surface area contributed by atoms with Gasteiger partial charge in [-0.2, -0.15) is 0 Å². The van der Waals surface area contributed by atoms with E-state index in [1.54, 1.807) is 23.1 Å². The molecule has 0 spiro atoms. The zero-order chi connectivity index (χ0) is 19.6. The molecule has 1 aromatic rings. The Kier molecular flexibility index (Phi) is 8.06. The molecular formula is C19H27N3O5. The van der Waals surface area contributed by atoms with Gasteiger partial charge >= 0.3 is 0 Å². The third-order valence-corrected chi connectivity index (χ3v) is 4.31. The van der Waals surface area contributed by atoms with E-state index in [-0.39, 0.29) is 30.7 Å². The van der Waals surface area contributed by atoms with Gasteiger partial charge in [-0.3, -0.25) is 14.4 Å². The van der Waals surface area contributed by atoms with Crippen LogP contribution in [0.3, 0.4) is 0 Å². The molecule has 3 amide bonds. The fourth-order valence-electron chi connectivity index (χ4n) is 2.94. The lowest BCUT2D eigenvalue weighted by atomic mass is 10.2. The van der Waals surface area contributed by atoms with E-state index in [0.717, 1.165) is 19.3 Å². The Morgan fingerprint density at radius 3 is 2.67 bits per heavy atom. The van der Waals surface area contributed by atoms with E-state index in [2.05, 4.69) is 10.6 Å². The third-order valence-electron chi connectivity index (χ3n) is 4.31. The normalized spacial score (nSPS) is 14.4. The zero-order valence-electron chi connectivity index (χ0n) is 15.9. The molecule has 8 nitrogen and oxygen atoms in total. The van der Waals surface area contributed by atoms with E-state index in [1.807, 2.05) is 0 Å². The average molecular weight is 377 g/mol. The minimum absolute atomic E-state index is 0.0798. The number of anilines is 2. The van der Waals surface area contributed by atoms with Gasteiger partial charge in [0.25, 0.3) is 0 Å². The van der Waals surface area contributed by atoms with Crippen LogP contribution in [0, 0.1) is 0 Å². The van der Waals surface area contributed by atoms with Gasteiger partial charge in [0.1, 0.15) is 12.4 Å². The summed E-state index contributed by atoms with van der Waals surface area (Å²) >= 11 is 0. The number of amides is 3. The van der Waals surface area contributed by atoms with Crippen LogP contribution in [0.2, 0.25) is 0 Å². The van der Waals surface area contributed by atoms with Crippen molar-refractivity contribution in [2.45, 2.75) is 32.1 Å². The smallest absolute Gasteiger partial charge is 0.250 e. The number of nitrogens with one attached hydrogen (secondary N) is 2. The fraction of sp³-hybridized carbons (Fsp3) is 0.526. The van der Waals surface area contributed by atoms with Crippen molar-refractivity contribution in [1.29, 1.82) is 0 Å². The van der Waals surface area contributed by atoms with E-state index in [0.29, 0.717) is 36.6 Å². The Labute approximate surface area is 159 Å². The van der Waals surface area contributed by atoms with Crippen LogP contribution < -0.4 is 15.4 Å². The molecule has 0 unspecified atom stereocenters. The lowest BCUT2D eigenvalue weighted by molar-refractivity contribution is -0.131. The van der Waals surface area contributed by atoms with Crippen LogP contribution in [0.1, 0.15) is 32.1 Å². The topological polar surface area (TPSA) is 97.0 Å². The Bertz CT molecular complexity index is 677. The van der Waals surface area contributed by atoms with Gasteiger partial charge in [-0.25, -0.2) is 0 Å². The van der Waals surface area contributed by atoms with Crippen LogP contribution in [0.5, 0.6) is 5.75 Å². The number of carbonyl (C=O) groups excluding carboxylic acids is 3. The summed E-state index contributed by atoms with van der Waals surface area (Å²) in [5, 5.41) is 5.47. The zero-order valence-corrected chi connectivity index (χ0v) is 15.9. The SMILES string of the molecule is COCC(=O)Nc1cc(NC(=O)CCN2CCCCCC2=O)ccc1OC. The number of rotatable bonds is 8. The van der Waals surface area contributed by atoms with Crippen molar-refractivity contribution < 1.29 is 23.9 Å². The van der Waals surface area contributed by atoms with Gasteiger partial charge < -0.3 is 25.0 Å². The summed E-state index contributed by atoms with van der Waals surface area (Å²) in [5.41, 5.74) is 0.982. The highest BCUT2D eigenvalue weighted by molar-refractivity contribution is 5.96. The summed E-state index contributed by atoms with van der Waals surface area (Å²) in [6.07, 6.45) is 3.74. The Balaban J connectivity index is 1.94. The molecule has 1 fully saturated rings. The minimum Gasteiger partial charge on any atom is -0.495 e. The maximum atomic E-state index is 12.3. The number of methoxy groups -OCH3 is 2. The van der Waals surface area contributed by atoms with Gasteiger partial charge in [0.05, 0.1) is 12.8 Å². The second-order valence-corrected chi connectivity index (χ2v) is 6.39. The standard InChI is InChI=1S/C19H27N3O5/c1-26-13-18(24)21-15-12-14(7-8-16(15)27-2)20-17(23)9-11-22-10-5-3-4-6-19(22)25/h7-8,12H,3-6,9-11,13H2,1-2H3,(H,20,23)(H,21,24).